The number of halogens is 1. The van der Waals surface area contributed by atoms with E-state index in [0.29, 0.717) is 24.6 Å². The smallest absolute Gasteiger partial charge is 0.293 e. The summed E-state index contributed by atoms with van der Waals surface area (Å²) >= 11 is 0. The summed E-state index contributed by atoms with van der Waals surface area (Å²) in [6.07, 6.45) is 0. The highest BCUT2D eigenvalue weighted by atomic mass is 19.1. The highest BCUT2D eigenvalue weighted by Crippen LogP contribution is 2.25. The van der Waals surface area contributed by atoms with Crippen molar-refractivity contribution >= 4 is 6.47 Å². The number of rotatable bonds is 4. The Bertz CT molecular complexity index is 551. The lowest BCUT2D eigenvalue weighted by atomic mass is 9.98. The highest BCUT2D eigenvalue weighted by Gasteiger charge is 2.07. The van der Waals surface area contributed by atoms with Crippen molar-refractivity contribution in [3.63, 3.8) is 0 Å². The number of hydrogen-bond acceptors (Lipinski definition) is 2. The summed E-state index contributed by atoms with van der Waals surface area (Å²) in [5.41, 5.74) is 2.64. The molecule has 0 amide bonds. The van der Waals surface area contributed by atoms with Gasteiger partial charge in [-0.05, 0) is 30.0 Å². The molecule has 0 saturated heterocycles. The molecule has 2 aromatic carbocycles. The minimum absolute atomic E-state index is 0.141. The summed E-state index contributed by atoms with van der Waals surface area (Å²) in [5.74, 6) is 0.219. The summed E-state index contributed by atoms with van der Waals surface area (Å²) in [6, 6.07) is 15.1. The van der Waals surface area contributed by atoms with E-state index >= 15 is 0 Å². The van der Waals surface area contributed by atoms with E-state index in [1.165, 1.54) is 0 Å². The maximum absolute atomic E-state index is 13.9. The molecule has 126 valence electrons. The first-order chi connectivity index (χ1) is 11.1. The number of carbonyl (C=O) groups excluding carboxylic acids is 1. The molecule has 0 aromatic heterocycles. The molecular formula is C20H27FO2. The van der Waals surface area contributed by atoms with Crippen molar-refractivity contribution in [1.29, 1.82) is 0 Å². The molecule has 0 fully saturated rings. The van der Waals surface area contributed by atoms with Gasteiger partial charge in [0.25, 0.3) is 6.47 Å². The first-order valence-electron chi connectivity index (χ1n) is 8.00. The predicted molar refractivity (Wildman–Crippen MR) is 95.0 cm³/mol. The Balaban J connectivity index is 0.000000594. The molecule has 2 rings (SSSR count). The maximum atomic E-state index is 13.9. The second-order valence-electron chi connectivity index (χ2n) is 4.81. The van der Waals surface area contributed by atoms with E-state index in [4.69, 9.17) is 0 Å². The van der Waals surface area contributed by atoms with Crippen LogP contribution in [0.25, 0.3) is 11.1 Å². The van der Waals surface area contributed by atoms with Crippen LogP contribution in [-0.2, 0) is 9.53 Å². The van der Waals surface area contributed by atoms with Crippen LogP contribution in [0.1, 0.15) is 46.1 Å². The van der Waals surface area contributed by atoms with Crippen molar-refractivity contribution in [2.24, 2.45) is 0 Å². The van der Waals surface area contributed by atoms with Crippen LogP contribution in [0.15, 0.2) is 48.5 Å². The van der Waals surface area contributed by atoms with Gasteiger partial charge in [-0.25, -0.2) is 4.39 Å². The Labute approximate surface area is 139 Å². The van der Waals surface area contributed by atoms with Crippen molar-refractivity contribution in [3.8, 4) is 11.1 Å². The van der Waals surface area contributed by atoms with Gasteiger partial charge < -0.3 is 4.74 Å². The fraction of sp³-hybridized carbons (Fsp3) is 0.350. The summed E-state index contributed by atoms with van der Waals surface area (Å²) in [6.45, 7) is 10.8. The lowest BCUT2D eigenvalue weighted by molar-refractivity contribution is -0.128. The molecule has 0 aliphatic rings. The molecule has 0 unspecified atom stereocenters. The van der Waals surface area contributed by atoms with E-state index in [1.807, 2.05) is 56.3 Å². The van der Waals surface area contributed by atoms with Gasteiger partial charge in [0, 0.05) is 5.56 Å². The van der Waals surface area contributed by atoms with E-state index < -0.39 is 0 Å². The SMILES string of the molecule is CC.CC(C)c1ccc(-c2ccccc2)c(F)c1.CCOC=O. The van der Waals surface area contributed by atoms with Gasteiger partial charge in [0.1, 0.15) is 5.82 Å². The van der Waals surface area contributed by atoms with Crippen LogP contribution in [0.4, 0.5) is 4.39 Å². The summed E-state index contributed by atoms with van der Waals surface area (Å²) in [4.78, 5) is 9.18. The third-order valence-electron chi connectivity index (χ3n) is 2.98. The van der Waals surface area contributed by atoms with Crippen molar-refractivity contribution in [2.75, 3.05) is 6.61 Å². The van der Waals surface area contributed by atoms with E-state index in [0.717, 1.165) is 11.1 Å². The normalized spacial score (nSPS) is 9.17. The predicted octanol–water partition coefficient (Wildman–Crippen LogP) is 5.82. The average molecular weight is 318 g/mol. The second kappa shape index (κ2) is 12.4. The molecule has 0 aliphatic carbocycles. The third kappa shape index (κ3) is 7.59. The monoisotopic (exact) mass is 318 g/mol. The first kappa shape index (κ1) is 20.8. The number of ether oxygens (including phenoxy) is 1. The van der Waals surface area contributed by atoms with E-state index in [9.17, 15) is 9.18 Å². The van der Waals surface area contributed by atoms with E-state index in [-0.39, 0.29) is 5.82 Å². The Hall–Kier alpha value is -2.16. The number of hydrogen-bond donors (Lipinski definition) is 0. The molecule has 3 heteroatoms. The summed E-state index contributed by atoms with van der Waals surface area (Å²) in [7, 11) is 0. The topological polar surface area (TPSA) is 26.3 Å². The van der Waals surface area contributed by atoms with Gasteiger partial charge >= 0.3 is 0 Å². The lowest BCUT2D eigenvalue weighted by Crippen LogP contribution is -1.91. The van der Waals surface area contributed by atoms with Crippen LogP contribution in [0.5, 0.6) is 0 Å². The minimum atomic E-state index is -0.141. The Morgan fingerprint density at radius 3 is 2.09 bits per heavy atom. The molecule has 23 heavy (non-hydrogen) atoms. The van der Waals surface area contributed by atoms with Crippen molar-refractivity contribution < 1.29 is 13.9 Å². The van der Waals surface area contributed by atoms with Gasteiger partial charge in [-0.3, -0.25) is 4.79 Å². The molecule has 0 spiro atoms. The third-order valence-corrected chi connectivity index (χ3v) is 2.98. The van der Waals surface area contributed by atoms with Crippen LogP contribution in [-0.4, -0.2) is 13.1 Å². The zero-order chi connectivity index (χ0) is 17.7. The highest BCUT2D eigenvalue weighted by molar-refractivity contribution is 5.64. The van der Waals surface area contributed by atoms with Gasteiger partial charge in [-0.15, -0.1) is 0 Å². The standard InChI is InChI=1S/C15H15F.C3H6O2.C2H6/c1-11(2)13-8-9-14(15(16)10-13)12-6-4-3-5-7-12;1-2-5-3-4;1-2/h3-11H,1-2H3;3H,2H2,1H3;1-2H3. The van der Waals surface area contributed by atoms with E-state index in [1.54, 1.807) is 13.0 Å². The maximum Gasteiger partial charge on any atom is 0.293 e. The molecule has 0 N–H and O–H groups in total. The van der Waals surface area contributed by atoms with Crippen molar-refractivity contribution in [3.05, 3.63) is 59.9 Å². The molecule has 0 bridgehead atoms. The molecule has 0 saturated carbocycles. The van der Waals surface area contributed by atoms with Crippen LogP contribution in [0, 0.1) is 5.82 Å². The van der Waals surface area contributed by atoms with Crippen LogP contribution < -0.4 is 0 Å². The molecule has 0 atom stereocenters. The van der Waals surface area contributed by atoms with Gasteiger partial charge in [0.15, 0.2) is 0 Å². The van der Waals surface area contributed by atoms with Crippen molar-refractivity contribution in [2.45, 2.75) is 40.5 Å². The second-order valence-corrected chi connectivity index (χ2v) is 4.81. The van der Waals surface area contributed by atoms with Crippen molar-refractivity contribution in [1.82, 2.24) is 0 Å². The zero-order valence-electron chi connectivity index (χ0n) is 14.7. The molecule has 2 nitrogen and oxygen atoms in total. The Morgan fingerprint density at radius 1 is 1.09 bits per heavy atom. The molecule has 0 heterocycles. The average Bonchev–Trinajstić information content (AvgIpc) is 2.58. The number of carbonyl (C=O) groups is 1. The quantitative estimate of drug-likeness (QED) is 0.664. The van der Waals surface area contributed by atoms with Crippen LogP contribution in [0.2, 0.25) is 0 Å². The molecule has 0 aliphatic heterocycles. The first-order valence-corrected chi connectivity index (χ1v) is 8.00. The summed E-state index contributed by atoms with van der Waals surface area (Å²) in [5, 5.41) is 0. The van der Waals surface area contributed by atoms with E-state index in [2.05, 4.69) is 18.6 Å². The van der Waals surface area contributed by atoms with Crippen LogP contribution >= 0.6 is 0 Å². The minimum Gasteiger partial charge on any atom is -0.468 e. The number of benzene rings is 2. The molecule has 2 aromatic rings. The van der Waals surface area contributed by atoms with Crippen LogP contribution in [0.3, 0.4) is 0 Å². The van der Waals surface area contributed by atoms with Gasteiger partial charge in [0.05, 0.1) is 6.61 Å². The summed E-state index contributed by atoms with van der Waals surface area (Å²) < 4.78 is 18.0. The fourth-order valence-electron chi connectivity index (χ4n) is 1.81. The molecular weight excluding hydrogens is 291 g/mol. The largest absolute Gasteiger partial charge is 0.468 e. The van der Waals surface area contributed by atoms with Gasteiger partial charge in [-0.1, -0.05) is 70.2 Å². The Kier molecular flexibility index (Phi) is 11.2. The zero-order valence-corrected chi connectivity index (χ0v) is 14.7. The fourth-order valence-corrected chi connectivity index (χ4v) is 1.81. The molecule has 0 radical (unpaired) electrons. The lowest BCUT2D eigenvalue weighted by Gasteiger charge is -2.08. The Morgan fingerprint density at radius 2 is 1.70 bits per heavy atom. The van der Waals surface area contributed by atoms with Gasteiger partial charge in [-0.2, -0.15) is 0 Å². The van der Waals surface area contributed by atoms with Gasteiger partial charge in [0.2, 0.25) is 0 Å².